The Hall–Kier alpha value is -0.630. The maximum Gasteiger partial charge on any atom is 0.411 e. The quantitative estimate of drug-likeness (QED) is 0.683. The molecule has 0 bridgehead atoms. The molecule has 0 aliphatic heterocycles. The largest absolute Gasteiger partial charge is 0.481 e. The summed E-state index contributed by atoms with van der Waals surface area (Å²) in [7, 11) is -1.35. The Morgan fingerprint density at radius 3 is 2.53 bits per heavy atom. The molecule has 0 aliphatic carbocycles. The van der Waals surface area contributed by atoms with Gasteiger partial charge >= 0.3 is 12.1 Å². The number of alkyl halides is 3. The van der Waals surface area contributed by atoms with Crippen LogP contribution in [0.5, 0.6) is 0 Å². The van der Waals surface area contributed by atoms with E-state index >= 15 is 0 Å². The molecule has 1 N–H and O–H groups in total. The fraction of sp³-hybridized carbons (Fsp3) is 0.889. The second-order valence-corrected chi connectivity index (χ2v) is 5.49. The summed E-state index contributed by atoms with van der Waals surface area (Å²) in [5, 5.41) is 7.94. The van der Waals surface area contributed by atoms with Crippen molar-refractivity contribution in [2.24, 2.45) is 0 Å². The first kappa shape index (κ1) is 16.4. The van der Waals surface area contributed by atoms with Gasteiger partial charge in [0, 0.05) is 28.4 Å². The van der Waals surface area contributed by atoms with E-state index in [0.717, 1.165) is 0 Å². The Morgan fingerprint density at radius 2 is 2.06 bits per heavy atom. The average molecular weight is 276 g/mol. The van der Waals surface area contributed by atoms with Crippen LogP contribution in [0.25, 0.3) is 0 Å². The van der Waals surface area contributed by atoms with Crippen molar-refractivity contribution in [3.63, 3.8) is 0 Å². The van der Waals surface area contributed by atoms with Gasteiger partial charge < -0.3 is 9.84 Å². The number of halogens is 3. The molecule has 0 saturated carbocycles. The van der Waals surface area contributed by atoms with E-state index < -0.39 is 34.8 Å². The molecule has 0 aliphatic rings. The molecule has 0 saturated heterocycles. The van der Waals surface area contributed by atoms with Crippen LogP contribution in [0, 0.1) is 0 Å². The zero-order chi connectivity index (χ0) is 13.5. The van der Waals surface area contributed by atoms with Gasteiger partial charge in [-0.1, -0.05) is 6.92 Å². The van der Waals surface area contributed by atoms with Crippen molar-refractivity contribution in [2.45, 2.75) is 31.2 Å². The van der Waals surface area contributed by atoms with Gasteiger partial charge in [-0.2, -0.15) is 13.2 Å². The van der Waals surface area contributed by atoms with Crippen molar-refractivity contribution in [2.75, 3.05) is 19.0 Å². The summed E-state index contributed by atoms with van der Waals surface area (Å²) in [5.41, 5.74) is 0. The molecule has 0 amide bonds. The molecule has 2 atom stereocenters. The van der Waals surface area contributed by atoms with Crippen molar-refractivity contribution in [1.29, 1.82) is 0 Å². The Labute approximate surface area is 99.6 Å². The second kappa shape index (κ2) is 7.65. The summed E-state index contributed by atoms with van der Waals surface area (Å²) in [6.07, 6.45) is -4.35. The molecule has 102 valence electrons. The lowest BCUT2D eigenvalue weighted by atomic mass is 10.3. The molecule has 0 fully saturated rings. The number of aliphatic carboxylic acids is 1. The van der Waals surface area contributed by atoms with Crippen molar-refractivity contribution >= 4 is 16.8 Å². The van der Waals surface area contributed by atoms with Gasteiger partial charge in [-0.3, -0.25) is 9.00 Å². The van der Waals surface area contributed by atoms with Crippen LogP contribution < -0.4 is 0 Å². The zero-order valence-corrected chi connectivity index (χ0v) is 10.1. The van der Waals surface area contributed by atoms with Gasteiger partial charge in [0.25, 0.3) is 0 Å². The standard InChI is InChI=1S/C9H15F3O4S/c1-7(5-8(13)14)17(15)4-2-3-16-6-9(10,11)12/h7H,2-6H2,1H3,(H,13,14). The SMILES string of the molecule is CC(CC(=O)O)S(=O)CCCOCC(F)(F)F. The minimum Gasteiger partial charge on any atom is -0.481 e. The number of carboxylic acid groups (broad SMARTS) is 1. The number of hydrogen-bond donors (Lipinski definition) is 1. The predicted molar refractivity (Wildman–Crippen MR) is 56.2 cm³/mol. The van der Waals surface area contributed by atoms with E-state index in [1.807, 2.05) is 0 Å². The Kier molecular flexibility index (Phi) is 7.37. The van der Waals surface area contributed by atoms with Crippen LogP contribution >= 0.6 is 0 Å². The number of hydrogen-bond acceptors (Lipinski definition) is 3. The molecule has 4 nitrogen and oxygen atoms in total. The van der Waals surface area contributed by atoms with Crippen molar-refractivity contribution in [1.82, 2.24) is 0 Å². The van der Waals surface area contributed by atoms with Crippen LogP contribution in [-0.2, 0) is 20.3 Å². The van der Waals surface area contributed by atoms with E-state index in [4.69, 9.17) is 5.11 Å². The molecule has 2 unspecified atom stereocenters. The molecule has 0 heterocycles. The summed E-state index contributed by atoms with van der Waals surface area (Å²) in [4.78, 5) is 10.3. The molecule has 0 aromatic heterocycles. The average Bonchev–Trinajstić information content (AvgIpc) is 2.13. The highest BCUT2D eigenvalue weighted by Gasteiger charge is 2.27. The van der Waals surface area contributed by atoms with Crippen molar-refractivity contribution in [3.8, 4) is 0 Å². The summed E-state index contributed by atoms with van der Waals surface area (Å²) in [6.45, 7) is 0.0795. The highest BCUT2D eigenvalue weighted by Crippen LogP contribution is 2.14. The number of rotatable bonds is 8. The first-order valence-electron chi connectivity index (χ1n) is 4.96. The Bertz CT molecular complexity index is 267. The second-order valence-electron chi connectivity index (χ2n) is 3.51. The third-order valence-electron chi connectivity index (χ3n) is 1.81. The zero-order valence-electron chi connectivity index (χ0n) is 9.33. The molecular weight excluding hydrogens is 261 g/mol. The smallest absolute Gasteiger partial charge is 0.411 e. The highest BCUT2D eigenvalue weighted by atomic mass is 32.2. The third-order valence-corrected chi connectivity index (χ3v) is 3.57. The molecule has 0 spiro atoms. The minimum absolute atomic E-state index is 0.134. The monoisotopic (exact) mass is 276 g/mol. The molecule has 0 radical (unpaired) electrons. The van der Waals surface area contributed by atoms with Gasteiger partial charge in [0.2, 0.25) is 0 Å². The lowest BCUT2D eigenvalue weighted by Gasteiger charge is -2.10. The fourth-order valence-corrected chi connectivity index (χ4v) is 2.16. The van der Waals surface area contributed by atoms with Crippen LogP contribution in [0.15, 0.2) is 0 Å². The normalized spacial score (nSPS) is 15.5. The number of carbonyl (C=O) groups is 1. The molecule has 0 aromatic rings. The topological polar surface area (TPSA) is 63.6 Å². The molecule has 0 rings (SSSR count). The number of ether oxygens (including phenoxy) is 1. The first-order valence-corrected chi connectivity index (χ1v) is 6.34. The summed E-state index contributed by atoms with van der Waals surface area (Å²) in [5.74, 6) is -0.897. The summed E-state index contributed by atoms with van der Waals surface area (Å²) in [6, 6.07) is 0. The van der Waals surface area contributed by atoms with Crippen LogP contribution in [0.1, 0.15) is 19.8 Å². The van der Waals surface area contributed by atoms with Gasteiger partial charge in [-0.05, 0) is 6.42 Å². The summed E-state index contributed by atoms with van der Waals surface area (Å²) < 4.78 is 50.7. The van der Waals surface area contributed by atoms with Gasteiger partial charge in [-0.25, -0.2) is 0 Å². The maximum atomic E-state index is 11.7. The van der Waals surface area contributed by atoms with E-state index in [0.29, 0.717) is 0 Å². The van der Waals surface area contributed by atoms with E-state index in [1.54, 1.807) is 0 Å². The minimum atomic E-state index is -4.35. The predicted octanol–water partition coefficient (Wildman–Crippen LogP) is 1.57. The van der Waals surface area contributed by atoms with Crippen molar-refractivity contribution in [3.05, 3.63) is 0 Å². The van der Waals surface area contributed by atoms with Gasteiger partial charge in [0.05, 0.1) is 6.42 Å². The molecule has 17 heavy (non-hydrogen) atoms. The molecule has 0 aromatic carbocycles. The van der Waals surface area contributed by atoms with Crippen LogP contribution in [0.3, 0.4) is 0 Å². The molecular formula is C9H15F3O4S. The highest BCUT2D eigenvalue weighted by molar-refractivity contribution is 7.85. The number of carboxylic acids is 1. The third kappa shape index (κ3) is 10.3. The van der Waals surface area contributed by atoms with E-state index in [2.05, 4.69) is 4.74 Å². The van der Waals surface area contributed by atoms with Gasteiger partial charge in [0.15, 0.2) is 0 Å². The Morgan fingerprint density at radius 1 is 1.47 bits per heavy atom. The van der Waals surface area contributed by atoms with Gasteiger partial charge in [0.1, 0.15) is 6.61 Å². The van der Waals surface area contributed by atoms with Gasteiger partial charge in [-0.15, -0.1) is 0 Å². The first-order chi connectivity index (χ1) is 7.72. The lowest BCUT2D eigenvalue weighted by molar-refractivity contribution is -0.173. The molecule has 8 heteroatoms. The lowest BCUT2D eigenvalue weighted by Crippen LogP contribution is -2.20. The fourth-order valence-electron chi connectivity index (χ4n) is 1.03. The summed E-state index contributed by atoms with van der Waals surface area (Å²) >= 11 is 0. The van der Waals surface area contributed by atoms with Crippen molar-refractivity contribution < 1.29 is 32.0 Å². The Balaban J connectivity index is 3.61. The van der Waals surface area contributed by atoms with Crippen LogP contribution in [0.4, 0.5) is 13.2 Å². The van der Waals surface area contributed by atoms with E-state index in [9.17, 15) is 22.2 Å². The maximum absolute atomic E-state index is 11.7. The van der Waals surface area contributed by atoms with E-state index in [1.165, 1.54) is 6.92 Å². The van der Waals surface area contributed by atoms with Crippen LogP contribution in [-0.4, -0.2) is 45.7 Å². The van der Waals surface area contributed by atoms with Crippen LogP contribution in [0.2, 0.25) is 0 Å². The van der Waals surface area contributed by atoms with E-state index in [-0.39, 0.29) is 25.2 Å².